The summed E-state index contributed by atoms with van der Waals surface area (Å²) in [6, 6.07) is 7.74. The van der Waals surface area contributed by atoms with Crippen LogP contribution in [-0.4, -0.2) is 38.4 Å². The third-order valence-corrected chi connectivity index (χ3v) is 2.88. The Kier molecular flexibility index (Phi) is 3.16. The average Bonchev–Trinajstić information content (AvgIpc) is 2.88. The highest BCUT2D eigenvalue weighted by molar-refractivity contribution is 5.58. The molecule has 6 nitrogen and oxygen atoms in total. The lowest BCUT2D eigenvalue weighted by molar-refractivity contribution is 0.726. The number of rotatable bonds is 4. The van der Waals surface area contributed by atoms with Gasteiger partial charge in [-0.25, -0.2) is 0 Å². The molecular formula is C13H14N6. The van der Waals surface area contributed by atoms with Crippen molar-refractivity contribution in [2.75, 3.05) is 13.6 Å². The number of hydrogen-bond donors (Lipinski definition) is 1. The van der Waals surface area contributed by atoms with E-state index in [1.165, 1.54) is 0 Å². The van der Waals surface area contributed by atoms with Gasteiger partial charge in [-0.2, -0.15) is 9.61 Å². The number of hydrogen-bond acceptors (Lipinski definition) is 5. The summed E-state index contributed by atoms with van der Waals surface area (Å²) in [6.45, 7) is 0.847. The van der Waals surface area contributed by atoms with E-state index >= 15 is 0 Å². The highest BCUT2D eigenvalue weighted by Crippen LogP contribution is 2.15. The molecular weight excluding hydrogens is 240 g/mol. The van der Waals surface area contributed by atoms with E-state index < -0.39 is 0 Å². The molecule has 0 saturated heterocycles. The third kappa shape index (κ3) is 2.30. The Morgan fingerprint density at radius 1 is 1.21 bits per heavy atom. The summed E-state index contributed by atoms with van der Waals surface area (Å²) in [4.78, 5) is 4.11. The molecule has 1 N–H and O–H groups in total. The molecule has 3 rings (SSSR count). The second-order valence-corrected chi connectivity index (χ2v) is 4.20. The standard InChI is InChI=1S/C13H14N6/c1-14-8-6-13-17-16-12-5-4-11(18-19(12)13)10-3-2-7-15-9-10/h2-5,7,9,14H,6,8H2,1H3. The van der Waals surface area contributed by atoms with Crippen LogP contribution in [0.3, 0.4) is 0 Å². The minimum atomic E-state index is 0.763. The lowest BCUT2D eigenvalue weighted by Gasteiger charge is -2.02. The van der Waals surface area contributed by atoms with Gasteiger partial charge < -0.3 is 5.32 Å². The zero-order valence-corrected chi connectivity index (χ0v) is 10.6. The number of nitrogens with zero attached hydrogens (tertiary/aromatic N) is 5. The molecule has 19 heavy (non-hydrogen) atoms. The molecule has 0 radical (unpaired) electrons. The van der Waals surface area contributed by atoms with Gasteiger partial charge in [0.15, 0.2) is 11.5 Å². The Morgan fingerprint density at radius 3 is 2.95 bits per heavy atom. The van der Waals surface area contributed by atoms with Crippen molar-refractivity contribution in [1.29, 1.82) is 0 Å². The van der Waals surface area contributed by atoms with Gasteiger partial charge in [0.25, 0.3) is 0 Å². The number of aromatic nitrogens is 5. The van der Waals surface area contributed by atoms with E-state index in [0.29, 0.717) is 0 Å². The maximum Gasteiger partial charge on any atom is 0.177 e. The lowest BCUT2D eigenvalue weighted by atomic mass is 10.2. The lowest BCUT2D eigenvalue weighted by Crippen LogP contribution is -2.13. The summed E-state index contributed by atoms with van der Waals surface area (Å²) >= 11 is 0. The van der Waals surface area contributed by atoms with Gasteiger partial charge in [0.05, 0.1) is 5.69 Å². The number of likely N-dealkylation sites (N-methyl/N-ethyl adjacent to an activating group) is 1. The Bertz CT molecular complexity index is 676. The number of nitrogens with one attached hydrogen (secondary N) is 1. The van der Waals surface area contributed by atoms with Gasteiger partial charge in [-0.3, -0.25) is 4.98 Å². The van der Waals surface area contributed by atoms with Crippen LogP contribution in [0, 0.1) is 0 Å². The highest BCUT2D eigenvalue weighted by atomic mass is 15.4. The van der Waals surface area contributed by atoms with E-state index in [2.05, 4.69) is 25.6 Å². The fraction of sp³-hybridized carbons (Fsp3) is 0.231. The van der Waals surface area contributed by atoms with E-state index in [0.717, 1.165) is 35.7 Å². The molecule has 0 saturated carbocycles. The molecule has 0 aliphatic rings. The largest absolute Gasteiger partial charge is 0.319 e. The topological polar surface area (TPSA) is 68.0 Å². The van der Waals surface area contributed by atoms with Crippen molar-refractivity contribution in [3.63, 3.8) is 0 Å². The van der Waals surface area contributed by atoms with Crippen LogP contribution >= 0.6 is 0 Å². The van der Waals surface area contributed by atoms with E-state index in [4.69, 9.17) is 0 Å². The van der Waals surface area contributed by atoms with Gasteiger partial charge >= 0.3 is 0 Å². The Labute approximate surface area is 110 Å². The van der Waals surface area contributed by atoms with Crippen molar-refractivity contribution in [2.24, 2.45) is 0 Å². The molecule has 0 aliphatic heterocycles. The Hall–Kier alpha value is -2.34. The first-order chi connectivity index (χ1) is 9.38. The molecule has 6 heteroatoms. The first-order valence-corrected chi connectivity index (χ1v) is 6.15. The molecule has 0 amide bonds. The van der Waals surface area contributed by atoms with Crippen molar-refractivity contribution in [3.05, 3.63) is 42.5 Å². The molecule has 0 fully saturated rings. The fourth-order valence-corrected chi connectivity index (χ4v) is 1.89. The monoisotopic (exact) mass is 254 g/mol. The van der Waals surface area contributed by atoms with Gasteiger partial charge in [-0.1, -0.05) is 0 Å². The van der Waals surface area contributed by atoms with Gasteiger partial charge in [0.2, 0.25) is 0 Å². The van der Waals surface area contributed by atoms with E-state index in [1.54, 1.807) is 16.9 Å². The maximum atomic E-state index is 4.58. The van der Waals surface area contributed by atoms with Gasteiger partial charge in [-0.15, -0.1) is 10.2 Å². The molecule has 96 valence electrons. The van der Waals surface area contributed by atoms with Crippen LogP contribution in [0.5, 0.6) is 0 Å². The summed E-state index contributed by atoms with van der Waals surface area (Å²) in [6.07, 6.45) is 4.34. The molecule has 0 unspecified atom stereocenters. The zero-order chi connectivity index (χ0) is 13.1. The first-order valence-electron chi connectivity index (χ1n) is 6.15. The zero-order valence-electron chi connectivity index (χ0n) is 10.6. The molecule has 3 aromatic heterocycles. The predicted molar refractivity (Wildman–Crippen MR) is 71.6 cm³/mol. The summed E-state index contributed by atoms with van der Waals surface area (Å²) in [7, 11) is 1.91. The van der Waals surface area contributed by atoms with Gasteiger partial charge in [0, 0.05) is 30.9 Å². The summed E-state index contributed by atoms with van der Waals surface area (Å²) < 4.78 is 1.79. The van der Waals surface area contributed by atoms with Crippen molar-refractivity contribution >= 4 is 5.65 Å². The second-order valence-electron chi connectivity index (χ2n) is 4.20. The average molecular weight is 254 g/mol. The summed E-state index contributed by atoms with van der Waals surface area (Å²) in [5.41, 5.74) is 2.61. The normalized spacial score (nSPS) is 11.0. The SMILES string of the molecule is CNCCc1nnc2ccc(-c3cccnc3)nn12. The smallest absolute Gasteiger partial charge is 0.177 e. The minimum Gasteiger partial charge on any atom is -0.319 e. The van der Waals surface area contributed by atoms with E-state index in [9.17, 15) is 0 Å². The molecule has 3 heterocycles. The number of pyridine rings is 1. The highest BCUT2D eigenvalue weighted by Gasteiger charge is 2.08. The van der Waals surface area contributed by atoms with Crippen molar-refractivity contribution in [1.82, 2.24) is 30.1 Å². The Balaban J connectivity index is 2.04. The van der Waals surface area contributed by atoms with Crippen LogP contribution in [0.1, 0.15) is 5.82 Å². The minimum absolute atomic E-state index is 0.763. The molecule has 0 bridgehead atoms. The van der Waals surface area contributed by atoms with E-state index in [1.807, 2.05) is 31.3 Å². The molecule has 3 aromatic rings. The van der Waals surface area contributed by atoms with Crippen LogP contribution in [0.15, 0.2) is 36.7 Å². The molecule has 0 aromatic carbocycles. The van der Waals surface area contributed by atoms with Crippen LogP contribution in [0.25, 0.3) is 16.9 Å². The van der Waals surface area contributed by atoms with Gasteiger partial charge in [-0.05, 0) is 31.3 Å². The second kappa shape index (κ2) is 5.11. The summed E-state index contributed by atoms with van der Waals surface area (Å²) in [5.74, 6) is 0.857. The third-order valence-electron chi connectivity index (χ3n) is 2.88. The Morgan fingerprint density at radius 2 is 2.16 bits per heavy atom. The van der Waals surface area contributed by atoms with Crippen LogP contribution < -0.4 is 5.32 Å². The molecule has 0 atom stereocenters. The van der Waals surface area contributed by atoms with Crippen molar-refractivity contribution in [2.45, 2.75) is 6.42 Å². The first kappa shape index (κ1) is 11.7. The van der Waals surface area contributed by atoms with Crippen LogP contribution in [-0.2, 0) is 6.42 Å². The molecule has 0 aliphatic carbocycles. The maximum absolute atomic E-state index is 4.58. The predicted octanol–water partition coefficient (Wildman–Crippen LogP) is 0.948. The van der Waals surface area contributed by atoms with Gasteiger partial charge in [0.1, 0.15) is 0 Å². The quantitative estimate of drug-likeness (QED) is 0.750. The number of fused-ring (bicyclic) bond motifs is 1. The fourth-order valence-electron chi connectivity index (χ4n) is 1.89. The van der Waals surface area contributed by atoms with Crippen LogP contribution in [0.2, 0.25) is 0 Å². The van der Waals surface area contributed by atoms with Crippen LogP contribution in [0.4, 0.5) is 0 Å². The van der Waals surface area contributed by atoms with E-state index in [-0.39, 0.29) is 0 Å². The van der Waals surface area contributed by atoms with Crippen molar-refractivity contribution in [3.8, 4) is 11.3 Å². The van der Waals surface area contributed by atoms with Crippen molar-refractivity contribution < 1.29 is 0 Å². The summed E-state index contributed by atoms with van der Waals surface area (Å²) in [5, 5.41) is 16.0. The molecule has 0 spiro atoms.